The molecular formula is C12H21F3N2O2S. The van der Waals surface area contributed by atoms with Crippen molar-refractivity contribution in [3.05, 3.63) is 0 Å². The first kappa shape index (κ1) is 17.4. The Morgan fingerprint density at radius 1 is 1.45 bits per heavy atom. The second kappa shape index (κ2) is 7.40. The summed E-state index contributed by atoms with van der Waals surface area (Å²) in [4.78, 5) is 13.4. The van der Waals surface area contributed by atoms with Crippen LogP contribution in [0.1, 0.15) is 19.8 Å². The fourth-order valence-corrected chi connectivity index (χ4v) is 2.86. The number of hydrogen-bond donors (Lipinski definition) is 2. The molecule has 1 aliphatic rings. The molecule has 0 radical (unpaired) electrons. The zero-order valence-corrected chi connectivity index (χ0v) is 12.4. The van der Waals surface area contributed by atoms with Gasteiger partial charge in [-0.05, 0) is 31.9 Å². The van der Waals surface area contributed by atoms with Gasteiger partial charge in [-0.2, -0.15) is 24.9 Å². The molecule has 1 rings (SSSR count). The molecule has 8 heteroatoms. The number of nitrogens with zero attached hydrogens (tertiary/aromatic N) is 1. The van der Waals surface area contributed by atoms with Crippen LogP contribution in [0.5, 0.6) is 0 Å². The maximum Gasteiger partial charge on any atom is 0.414 e. The normalized spacial score (nSPS) is 20.6. The predicted octanol–water partition coefficient (Wildman–Crippen LogP) is 2.08. The molecule has 1 heterocycles. The van der Waals surface area contributed by atoms with Crippen molar-refractivity contribution in [2.45, 2.75) is 38.1 Å². The Kier molecular flexibility index (Phi) is 6.44. The smallest absolute Gasteiger partial charge is 0.383 e. The lowest BCUT2D eigenvalue weighted by molar-refractivity contribution is -0.222. The molecule has 0 aromatic carbocycles. The second-order valence-corrected chi connectivity index (χ2v) is 6.03. The van der Waals surface area contributed by atoms with E-state index in [4.69, 9.17) is 0 Å². The molecule has 0 saturated carbocycles. The SMILES string of the molecule is CSCC(C)NC(=O)N1CCC(C(O)C(F)(F)F)CC1. The van der Waals surface area contributed by atoms with Gasteiger partial charge in [-0.1, -0.05) is 0 Å². The number of aliphatic hydroxyl groups excluding tert-OH is 1. The highest BCUT2D eigenvalue weighted by atomic mass is 32.2. The van der Waals surface area contributed by atoms with Gasteiger partial charge in [-0.25, -0.2) is 4.79 Å². The number of carbonyl (C=O) groups is 1. The first-order chi connectivity index (χ1) is 9.25. The Morgan fingerprint density at radius 2 is 2.00 bits per heavy atom. The number of urea groups is 1. The number of likely N-dealkylation sites (tertiary alicyclic amines) is 1. The summed E-state index contributed by atoms with van der Waals surface area (Å²) in [7, 11) is 0. The van der Waals surface area contributed by atoms with Gasteiger partial charge < -0.3 is 15.3 Å². The Hall–Kier alpha value is -0.630. The van der Waals surface area contributed by atoms with Gasteiger partial charge >= 0.3 is 12.2 Å². The average Bonchev–Trinajstić information content (AvgIpc) is 2.37. The molecule has 2 amide bonds. The van der Waals surface area contributed by atoms with E-state index < -0.39 is 18.2 Å². The van der Waals surface area contributed by atoms with Gasteiger partial charge in [0, 0.05) is 24.9 Å². The van der Waals surface area contributed by atoms with Gasteiger partial charge in [0.15, 0.2) is 6.10 Å². The third kappa shape index (κ3) is 5.05. The Morgan fingerprint density at radius 3 is 2.45 bits per heavy atom. The number of rotatable bonds is 4. The van der Waals surface area contributed by atoms with Crippen molar-refractivity contribution in [2.24, 2.45) is 5.92 Å². The number of alkyl halides is 3. The molecule has 0 bridgehead atoms. The summed E-state index contributed by atoms with van der Waals surface area (Å²) < 4.78 is 37.2. The fourth-order valence-electron chi connectivity index (χ4n) is 2.28. The Bertz CT molecular complexity index is 320. The summed E-state index contributed by atoms with van der Waals surface area (Å²) in [6.45, 7) is 2.37. The molecule has 2 N–H and O–H groups in total. The minimum atomic E-state index is -4.58. The molecule has 1 aliphatic heterocycles. The Labute approximate surface area is 121 Å². The van der Waals surface area contributed by atoms with Crippen molar-refractivity contribution in [1.29, 1.82) is 0 Å². The van der Waals surface area contributed by atoms with Crippen LogP contribution in [0, 0.1) is 5.92 Å². The maximum atomic E-state index is 12.4. The van der Waals surface area contributed by atoms with E-state index >= 15 is 0 Å². The molecule has 118 valence electrons. The van der Waals surface area contributed by atoms with E-state index in [1.165, 1.54) is 4.90 Å². The third-order valence-corrected chi connectivity index (χ3v) is 4.23. The van der Waals surface area contributed by atoms with Crippen LogP contribution in [0.2, 0.25) is 0 Å². The zero-order valence-electron chi connectivity index (χ0n) is 11.6. The quantitative estimate of drug-likeness (QED) is 0.835. The Balaban J connectivity index is 2.40. The molecule has 1 fully saturated rings. The van der Waals surface area contributed by atoms with Crippen LogP contribution >= 0.6 is 11.8 Å². The number of nitrogens with one attached hydrogen (secondary N) is 1. The summed E-state index contributed by atoms with van der Waals surface area (Å²) in [5.74, 6) is -0.0303. The van der Waals surface area contributed by atoms with Crippen molar-refractivity contribution in [2.75, 3.05) is 25.1 Å². The minimum Gasteiger partial charge on any atom is -0.383 e. The molecule has 2 atom stereocenters. The lowest BCUT2D eigenvalue weighted by Gasteiger charge is -2.35. The summed E-state index contributed by atoms with van der Waals surface area (Å²) >= 11 is 1.61. The zero-order chi connectivity index (χ0) is 15.3. The molecule has 1 saturated heterocycles. The number of aliphatic hydroxyl groups is 1. The number of carbonyl (C=O) groups excluding carboxylic acids is 1. The summed E-state index contributed by atoms with van der Waals surface area (Å²) in [6, 6.07) is -0.220. The summed E-state index contributed by atoms with van der Waals surface area (Å²) in [5, 5.41) is 12.0. The average molecular weight is 314 g/mol. The monoisotopic (exact) mass is 314 g/mol. The molecule has 20 heavy (non-hydrogen) atoms. The number of thioether (sulfide) groups is 1. The van der Waals surface area contributed by atoms with Gasteiger partial charge in [0.1, 0.15) is 0 Å². The fraction of sp³-hybridized carbons (Fsp3) is 0.917. The standard InChI is InChI=1S/C12H21F3N2O2S/c1-8(7-20-2)16-11(19)17-5-3-9(4-6-17)10(18)12(13,14)15/h8-10,18H,3-7H2,1-2H3,(H,16,19). The highest BCUT2D eigenvalue weighted by Gasteiger charge is 2.44. The van der Waals surface area contributed by atoms with Crippen molar-refractivity contribution in [3.8, 4) is 0 Å². The molecule has 2 unspecified atom stereocenters. The summed E-state index contributed by atoms with van der Waals surface area (Å²) in [5.41, 5.74) is 0. The van der Waals surface area contributed by atoms with Crippen LogP contribution in [0.25, 0.3) is 0 Å². The van der Waals surface area contributed by atoms with E-state index in [1.54, 1.807) is 11.8 Å². The second-order valence-electron chi connectivity index (χ2n) is 5.12. The number of piperidine rings is 1. The van der Waals surface area contributed by atoms with Crippen LogP contribution in [-0.2, 0) is 0 Å². The molecule has 0 aromatic rings. The van der Waals surface area contributed by atoms with Crippen LogP contribution in [0.15, 0.2) is 0 Å². The topological polar surface area (TPSA) is 52.6 Å². The molecule has 0 aromatic heterocycles. The highest BCUT2D eigenvalue weighted by molar-refractivity contribution is 7.98. The van der Waals surface area contributed by atoms with E-state index in [0.29, 0.717) is 0 Å². The number of halogens is 3. The van der Waals surface area contributed by atoms with Crippen molar-refractivity contribution in [1.82, 2.24) is 10.2 Å². The van der Waals surface area contributed by atoms with E-state index in [-0.39, 0.29) is 38.0 Å². The van der Waals surface area contributed by atoms with Crippen LogP contribution in [-0.4, -0.2) is 59.5 Å². The molecule has 4 nitrogen and oxygen atoms in total. The molecule has 0 aliphatic carbocycles. The van der Waals surface area contributed by atoms with Crippen LogP contribution < -0.4 is 5.32 Å². The largest absolute Gasteiger partial charge is 0.414 e. The summed E-state index contributed by atoms with van der Waals surface area (Å²) in [6.07, 6.45) is -4.59. The van der Waals surface area contributed by atoms with E-state index in [2.05, 4.69) is 5.32 Å². The van der Waals surface area contributed by atoms with E-state index in [0.717, 1.165) is 5.75 Å². The van der Waals surface area contributed by atoms with Crippen molar-refractivity contribution < 1.29 is 23.1 Å². The van der Waals surface area contributed by atoms with Gasteiger partial charge in [0.2, 0.25) is 0 Å². The van der Waals surface area contributed by atoms with E-state index in [9.17, 15) is 23.1 Å². The van der Waals surface area contributed by atoms with Crippen LogP contribution in [0.3, 0.4) is 0 Å². The molecule has 0 spiro atoms. The van der Waals surface area contributed by atoms with Crippen molar-refractivity contribution in [3.63, 3.8) is 0 Å². The van der Waals surface area contributed by atoms with Crippen LogP contribution in [0.4, 0.5) is 18.0 Å². The maximum absolute atomic E-state index is 12.4. The minimum absolute atomic E-state index is 0.0241. The van der Waals surface area contributed by atoms with Gasteiger partial charge in [0.25, 0.3) is 0 Å². The van der Waals surface area contributed by atoms with Gasteiger partial charge in [0.05, 0.1) is 0 Å². The van der Waals surface area contributed by atoms with Crippen molar-refractivity contribution >= 4 is 17.8 Å². The lowest BCUT2D eigenvalue weighted by Crippen LogP contribution is -2.50. The van der Waals surface area contributed by atoms with Gasteiger partial charge in [-0.15, -0.1) is 0 Å². The molecular weight excluding hydrogens is 293 g/mol. The third-order valence-electron chi connectivity index (χ3n) is 3.40. The first-order valence-electron chi connectivity index (χ1n) is 6.55. The number of amides is 2. The first-order valence-corrected chi connectivity index (χ1v) is 7.94. The highest BCUT2D eigenvalue weighted by Crippen LogP contribution is 2.31. The van der Waals surface area contributed by atoms with E-state index in [1.807, 2.05) is 13.2 Å². The lowest BCUT2D eigenvalue weighted by atomic mass is 9.91. The van der Waals surface area contributed by atoms with Gasteiger partial charge in [-0.3, -0.25) is 0 Å². The predicted molar refractivity (Wildman–Crippen MR) is 72.7 cm³/mol. The number of hydrogen-bond acceptors (Lipinski definition) is 3.